The Kier molecular flexibility index (Phi) is 4.98. The van der Waals surface area contributed by atoms with E-state index in [-0.39, 0.29) is 0 Å². The second-order valence-electron chi connectivity index (χ2n) is 5.33. The van der Waals surface area contributed by atoms with E-state index in [2.05, 4.69) is 36.1 Å². The van der Waals surface area contributed by atoms with Gasteiger partial charge in [0, 0.05) is 23.9 Å². The Morgan fingerprint density at radius 2 is 1.81 bits per heavy atom. The normalized spacial score (nSPS) is 36.6. The molecule has 1 atom stereocenters. The van der Waals surface area contributed by atoms with Crippen LogP contribution in [0.5, 0.6) is 0 Å². The standard InChI is InChI=1S/C13H26N2S/c1-14-11-5-7-12(8-6-11)15(2)13-4-3-9-16-10-13/h11-14H,3-10H2,1-2H3. The van der Waals surface area contributed by atoms with Gasteiger partial charge in [-0.15, -0.1) is 0 Å². The van der Waals surface area contributed by atoms with Gasteiger partial charge in [-0.2, -0.15) is 11.8 Å². The molecule has 0 amide bonds. The average Bonchev–Trinajstić information content (AvgIpc) is 2.39. The van der Waals surface area contributed by atoms with Gasteiger partial charge < -0.3 is 5.32 Å². The molecule has 1 aliphatic heterocycles. The Bertz CT molecular complexity index is 196. The van der Waals surface area contributed by atoms with E-state index in [1.54, 1.807) is 0 Å². The van der Waals surface area contributed by atoms with Crippen LogP contribution in [0.25, 0.3) is 0 Å². The fraction of sp³-hybridized carbons (Fsp3) is 1.00. The first-order chi connectivity index (χ1) is 7.81. The minimum atomic E-state index is 0.783. The summed E-state index contributed by atoms with van der Waals surface area (Å²) in [6, 6.07) is 2.49. The molecule has 2 fully saturated rings. The van der Waals surface area contributed by atoms with E-state index in [1.807, 2.05) is 0 Å². The predicted molar refractivity (Wildman–Crippen MR) is 73.2 cm³/mol. The lowest BCUT2D eigenvalue weighted by Crippen LogP contribution is -2.46. The van der Waals surface area contributed by atoms with Crippen LogP contribution in [-0.2, 0) is 0 Å². The minimum Gasteiger partial charge on any atom is -0.317 e. The molecule has 1 saturated carbocycles. The van der Waals surface area contributed by atoms with E-state index in [0.29, 0.717) is 0 Å². The maximum Gasteiger partial charge on any atom is 0.0186 e. The summed E-state index contributed by atoms with van der Waals surface area (Å²) in [5.41, 5.74) is 0. The second kappa shape index (κ2) is 6.27. The second-order valence-corrected chi connectivity index (χ2v) is 6.48. The highest BCUT2D eigenvalue weighted by atomic mass is 32.2. The highest BCUT2D eigenvalue weighted by molar-refractivity contribution is 7.99. The van der Waals surface area contributed by atoms with Gasteiger partial charge in [0.05, 0.1) is 0 Å². The van der Waals surface area contributed by atoms with Gasteiger partial charge in [-0.1, -0.05) is 0 Å². The number of nitrogens with one attached hydrogen (secondary N) is 1. The van der Waals surface area contributed by atoms with Crippen LogP contribution in [0.4, 0.5) is 0 Å². The topological polar surface area (TPSA) is 15.3 Å². The van der Waals surface area contributed by atoms with Crippen LogP contribution in [0.2, 0.25) is 0 Å². The van der Waals surface area contributed by atoms with Gasteiger partial charge in [0.1, 0.15) is 0 Å². The molecule has 0 aromatic heterocycles. The zero-order valence-corrected chi connectivity index (χ0v) is 11.6. The Morgan fingerprint density at radius 1 is 1.06 bits per heavy atom. The van der Waals surface area contributed by atoms with Crippen LogP contribution < -0.4 is 5.32 Å². The SMILES string of the molecule is CNC1CCC(N(C)C2CCCSC2)CC1. The summed E-state index contributed by atoms with van der Waals surface area (Å²) in [4.78, 5) is 2.69. The summed E-state index contributed by atoms with van der Waals surface area (Å²) in [6.45, 7) is 0. The van der Waals surface area contributed by atoms with Crippen molar-refractivity contribution in [2.24, 2.45) is 0 Å². The van der Waals surface area contributed by atoms with E-state index in [0.717, 1.165) is 18.1 Å². The van der Waals surface area contributed by atoms with Crippen molar-refractivity contribution in [2.75, 3.05) is 25.6 Å². The monoisotopic (exact) mass is 242 g/mol. The average molecular weight is 242 g/mol. The van der Waals surface area contributed by atoms with Crippen molar-refractivity contribution in [1.29, 1.82) is 0 Å². The third-order valence-corrected chi connectivity index (χ3v) is 5.59. The summed E-state index contributed by atoms with van der Waals surface area (Å²) in [5, 5.41) is 3.42. The van der Waals surface area contributed by atoms with Gasteiger partial charge in [-0.05, 0) is 58.4 Å². The highest BCUT2D eigenvalue weighted by Crippen LogP contribution is 2.28. The molecule has 1 heterocycles. The zero-order chi connectivity index (χ0) is 11.4. The lowest BCUT2D eigenvalue weighted by molar-refractivity contribution is 0.131. The van der Waals surface area contributed by atoms with Crippen molar-refractivity contribution in [3.05, 3.63) is 0 Å². The quantitative estimate of drug-likeness (QED) is 0.818. The van der Waals surface area contributed by atoms with Crippen molar-refractivity contribution >= 4 is 11.8 Å². The number of rotatable bonds is 3. The summed E-state index contributed by atoms with van der Waals surface area (Å²) in [6.07, 6.45) is 8.37. The smallest absolute Gasteiger partial charge is 0.0186 e. The summed E-state index contributed by atoms with van der Waals surface area (Å²) >= 11 is 2.15. The predicted octanol–water partition coefficient (Wildman–Crippen LogP) is 2.34. The van der Waals surface area contributed by atoms with Crippen LogP contribution >= 0.6 is 11.8 Å². The molecule has 1 unspecified atom stereocenters. The van der Waals surface area contributed by atoms with Crippen molar-refractivity contribution < 1.29 is 0 Å². The maximum atomic E-state index is 3.42. The lowest BCUT2D eigenvalue weighted by Gasteiger charge is -2.40. The van der Waals surface area contributed by atoms with Crippen LogP contribution in [-0.4, -0.2) is 48.6 Å². The fourth-order valence-corrected chi connectivity index (χ4v) is 4.33. The van der Waals surface area contributed by atoms with E-state index in [9.17, 15) is 0 Å². The number of nitrogens with zero attached hydrogens (tertiary/aromatic N) is 1. The Morgan fingerprint density at radius 3 is 2.38 bits per heavy atom. The highest BCUT2D eigenvalue weighted by Gasteiger charge is 2.28. The van der Waals surface area contributed by atoms with Crippen molar-refractivity contribution in [3.63, 3.8) is 0 Å². The molecule has 2 aliphatic rings. The first-order valence-corrected chi connectivity index (χ1v) is 7.93. The van der Waals surface area contributed by atoms with Crippen LogP contribution in [0.15, 0.2) is 0 Å². The molecule has 0 bridgehead atoms. The summed E-state index contributed by atoms with van der Waals surface area (Å²) in [7, 11) is 4.47. The molecule has 1 saturated heterocycles. The van der Waals surface area contributed by atoms with Gasteiger partial charge >= 0.3 is 0 Å². The van der Waals surface area contributed by atoms with Crippen LogP contribution in [0.1, 0.15) is 38.5 Å². The molecule has 2 nitrogen and oxygen atoms in total. The van der Waals surface area contributed by atoms with E-state index in [1.165, 1.54) is 50.0 Å². The van der Waals surface area contributed by atoms with E-state index >= 15 is 0 Å². The van der Waals surface area contributed by atoms with Crippen molar-refractivity contribution in [1.82, 2.24) is 10.2 Å². The molecule has 0 radical (unpaired) electrons. The summed E-state index contributed by atoms with van der Waals surface area (Å²) in [5.74, 6) is 2.75. The van der Waals surface area contributed by atoms with Gasteiger partial charge in [0.25, 0.3) is 0 Å². The molecular formula is C13H26N2S. The first kappa shape index (κ1) is 12.7. The van der Waals surface area contributed by atoms with Gasteiger partial charge in [0.2, 0.25) is 0 Å². The minimum absolute atomic E-state index is 0.783. The van der Waals surface area contributed by atoms with Crippen molar-refractivity contribution in [2.45, 2.75) is 56.7 Å². The molecule has 1 aliphatic carbocycles. The van der Waals surface area contributed by atoms with Crippen molar-refractivity contribution in [3.8, 4) is 0 Å². The molecule has 3 heteroatoms. The number of thioether (sulfide) groups is 1. The van der Waals surface area contributed by atoms with Crippen LogP contribution in [0, 0.1) is 0 Å². The molecule has 0 aromatic carbocycles. The molecule has 1 N–H and O–H groups in total. The maximum absolute atomic E-state index is 3.42. The Hall–Kier alpha value is 0.270. The largest absolute Gasteiger partial charge is 0.317 e. The van der Waals surface area contributed by atoms with E-state index < -0.39 is 0 Å². The fourth-order valence-electron chi connectivity index (χ4n) is 3.11. The molecule has 16 heavy (non-hydrogen) atoms. The Labute approximate surface area is 105 Å². The van der Waals surface area contributed by atoms with E-state index in [4.69, 9.17) is 0 Å². The van der Waals surface area contributed by atoms with Crippen LogP contribution in [0.3, 0.4) is 0 Å². The molecule has 0 aromatic rings. The third-order valence-electron chi connectivity index (χ3n) is 4.39. The Balaban J connectivity index is 1.78. The first-order valence-electron chi connectivity index (χ1n) is 6.78. The zero-order valence-electron chi connectivity index (χ0n) is 10.7. The molecule has 2 rings (SSSR count). The molecule has 0 spiro atoms. The van der Waals surface area contributed by atoms with Gasteiger partial charge in [-0.3, -0.25) is 4.90 Å². The summed E-state index contributed by atoms with van der Waals surface area (Å²) < 4.78 is 0. The van der Waals surface area contributed by atoms with Gasteiger partial charge in [-0.25, -0.2) is 0 Å². The molecular weight excluding hydrogens is 216 g/mol. The number of hydrogen-bond acceptors (Lipinski definition) is 3. The van der Waals surface area contributed by atoms with Gasteiger partial charge in [0.15, 0.2) is 0 Å². The lowest BCUT2D eigenvalue weighted by atomic mass is 9.89. The number of hydrogen-bond donors (Lipinski definition) is 1. The molecule has 94 valence electrons. The third kappa shape index (κ3) is 3.14.